The van der Waals surface area contributed by atoms with Gasteiger partial charge in [0.05, 0.1) is 17.7 Å². The summed E-state index contributed by atoms with van der Waals surface area (Å²) in [7, 11) is 0. The van der Waals surface area contributed by atoms with Crippen molar-refractivity contribution in [2.45, 2.75) is 44.4 Å². The van der Waals surface area contributed by atoms with Gasteiger partial charge in [0.15, 0.2) is 0 Å². The highest BCUT2D eigenvalue weighted by Gasteiger charge is 2.34. The predicted molar refractivity (Wildman–Crippen MR) is 116 cm³/mol. The van der Waals surface area contributed by atoms with E-state index in [0.29, 0.717) is 24.7 Å². The van der Waals surface area contributed by atoms with Gasteiger partial charge in [-0.1, -0.05) is 30.3 Å². The number of piperidine rings is 1. The van der Waals surface area contributed by atoms with Crippen molar-refractivity contribution in [3.05, 3.63) is 83.2 Å². The molecule has 1 aromatic carbocycles. The predicted octanol–water partition coefficient (Wildman–Crippen LogP) is 3.91. The van der Waals surface area contributed by atoms with Gasteiger partial charge in [0.2, 0.25) is 5.91 Å². The Bertz CT molecular complexity index is 958. The average Bonchev–Trinajstić information content (AvgIpc) is 3.26. The van der Waals surface area contributed by atoms with Crippen LogP contribution in [0.5, 0.6) is 0 Å². The number of pyridine rings is 1. The monoisotopic (exact) mass is 400 g/mol. The molecule has 3 heterocycles. The molecule has 1 fully saturated rings. The summed E-state index contributed by atoms with van der Waals surface area (Å²) in [6, 6.07) is 13.2. The number of nitrogens with zero attached hydrogens (tertiary/aromatic N) is 3. The van der Waals surface area contributed by atoms with E-state index in [-0.39, 0.29) is 5.91 Å². The molecule has 2 aliphatic rings. The number of fused-ring (bicyclic) bond motifs is 2. The third-order valence-corrected chi connectivity index (χ3v) is 6.79. The summed E-state index contributed by atoms with van der Waals surface area (Å²) >= 11 is 0. The minimum Gasteiger partial charge on any atom is -0.351 e. The number of H-pyrrole nitrogens is 1. The molecule has 5 nitrogen and oxygen atoms in total. The minimum absolute atomic E-state index is 0.247. The minimum atomic E-state index is 0.247. The lowest BCUT2D eigenvalue weighted by Crippen LogP contribution is -2.40. The maximum atomic E-state index is 12.7. The van der Waals surface area contributed by atoms with E-state index in [2.05, 4.69) is 46.4 Å². The molecule has 1 saturated heterocycles. The fraction of sp³-hybridized carbons (Fsp3) is 0.400. The number of nitrogens with one attached hydrogen (secondary N) is 1. The lowest BCUT2D eigenvalue weighted by molar-refractivity contribution is -0.132. The molecule has 0 radical (unpaired) electrons. The lowest BCUT2D eigenvalue weighted by Gasteiger charge is -2.36. The third-order valence-electron chi connectivity index (χ3n) is 6.79. The largest absolute Gasteiger partial charge is 0.351 e. The van der Waals surface area contributed by atoms with Gasteiger partial charge < -0.3 is 9.88 Å². The van der Waals surface area contributed by atoms with Crippen LogP contribution in [-0.4, -0.2) is 38.8 Å². The molecule has 0 bridgehead atoms. The molecule has 3 aromatic rings. The number of carbonyl (C=O) groups excluding carboxylic acids is 1. The number of likely N-dealkylation sites (tertiary alicyclic amines) is 1. The Hall–Kier alpha value is -2.95. The van der Waals surface area contributed by atoms with Gasteiger partial charge >= 0.3 is 0 Å². The molecule has 0 saturated carbocycles. The number of benzene rings is 1. The quantitative estimate of drug-likeness (QED) is 0.722. The van der Waals surface area contributed by atoms with Crippen molar-refractivity contribution in [1.29, 1.82) is 0 Å². The van der Waals surface area contributed by atoms with Crippen LogP contribution in [0.2, 0.25) is 0 Å². The van der Waals surface area contributed by atoms with Crippen LogP contribution in [0.25, 0.3) is 0 Å². The van der Waals surface area contributed by atoms with Gasteiger partial charge in [0.25, 0.3) is 0 Å². The van der Waals surface area contributed by atoms with Crippen molar-refractivity contribution in [2.75, 3.05) is 13.1 Å². The highest BCUT2D eigenvalue weighted by Crippen LogP contribution is 2.42. The van der Waals surface area contributed by atoms with E-state index in [4.69, 9.17) is 4.98 Å². The number of amides is 1. The molecule has 1 N–H and O–H groups in total. The number of imidazole rings is 1. The highest BCUT2D eigenvalue weighted by atomic mass is 16.2. The average molecular weight is 401 g/mol. The summed E-state index contributed by atoms with van der Waals surface area (Å²) in [5, 5.41) is 0. The first-order valence-corrected chi connectivity index (χ1v) is 11.1. The number of aryl methyl sites for hydroxylation is 3. The van der Waals surface area contributed by atoms with Crippen LogP contribution in [0.15, 0.2) is 55.1 Å². The third kappa shape index (κ3) is 3.76. The second-order valence-corrected chi connectivity index (χ2v) is 8.50. The molecule has 0 spiro atoms. The van der Waals surface area contributed by atoms with Gasteiger partial charge in [-0.05, 0) is 60.8 Å². The van der Waals surface area contributed by atoms with E-state index in [1.54, 1.807) is 6.33 Å². The molecule has 1 atom stereocenters. The topological polar surface area (TPSA) is 61.9 Å². The number of hydrogen-bond donors (Lipinski definition) is 1. The highest BCUT2D eigenvalue weighted by molar-refractivity contribution is 5.76. The summed E-state index contributed by atoms with van der Waals surface area (Å²) in [6.45, 7) is 1.68. The normalized spacial score (nSPS) is 19.1. The van der Waals surface area contributed by atoms with Crippen molar-refractivity contribution in [2.24, 2.45) is 5.92 Å². The SMILES string of the molecule is O=C(CCc1c[nH]cn1)N1CCC(C2c3ccccc3CCc3cccnc32)CC1. The molecule has 5 rings (SSSR count). The molecule has 1 aliphatic heterocycles. The maximum Gasteiger partial charge on any atom is 0.222 e. The first-order chi connectivity index (χ1) is 14.8. The summed E-state index contributed by atoms with van der Waals surface area (Å²) in [6.07, 6.45) is 10.9. The van der Waals surface area contributed by atoms with Gasteiger partial charge in [-0.3, -0.25) is 9.78 Å². The Labute approximate surface area is 177 Å². The van der Waals surface area contributed by atoms with Crippen LogP contribution >= 0.6 is 0 Å². The van der Waals surface area contributed by atoms with Crippen molar-refractivity contribution < 1.29 is 4.79 Å². The van der Waals surface area contributed by atoms with E-state index in [9.17, 15) is 4.79 Å². The maximum absolute atomic E-state index is 12.7. The van der Waals surface area contributed by atoms with Gasteiger partial charge in [0, 0.05) is 37.8 Å². The fourth-order valence-electron chi connectivity index (χ4n) is 5.20. The van der Waals surface area contributed by atoms with Gasteiger partial charge in [-0.25, -0.2) is 4.98 Å². The number of aromatic nitrogens is 3. The fourth-order valence-corrected chi connectivity index (χ4v) is 5.20. The van der Waals surface area contributed by atoms with Gasteiger partial charge in [0.1, 0.15) is 0 Å². The Morgan fingerprint density at radius 1 is 1.03 bits per heavy atom. The molecule has 1 amide bonds. The van der Waals surface area contributed by atoms with Crippen molar-refractivity contribution >= 4 is 5.91 Å². The molecule has 5 heteroatoms. The lowest BCUT2D eigenvalue weighted by atomic mass is 9.76. The van der Waals surface area contributed by atoms with Gasteiger partial charge in [-0.15, -0.1) is 0 Å². The zero-order valence-corrected chi connectivity index (χ0v) is 17.3. The van der Waals surface area contributed by atoms with E-state index >= 15 is 0 Å². The van der Waals surface area contributed by atoms with Crippen LogP contribution in [-0.2, 0) is 24.1 Å². The number of carbonyl (C=O) groups is 1. The Kier molecular flexibility index (Phi) is 5.35. The first-order valence-electron chi connectivity index (χ1n) is 11.1. The van der Waals surface area contributed by atoms with Crippen molar-refractivity contribution in [3.63, 3.8) is 0 Å². The van der Waals surface area contributed by atoms with E-state index < -0.39 is 0 Å². The van der Waals surface area contributed by atoms with Crippen LogP contribution in [0.4, 0.5) is 0 Å². The molecular formula is C25H28N4O. The summed E-state index contributed by atoms with van der Waals surface area (Å²) in [5.74, 6) is 1.10. The Balaban J connectivity index is 1.32. The van der Waals surface area contributed by atoms with Crippen molar-refractivity contribution in [1.82, 2.24) is 19.9 Å². The molecular weight excluding hydrogens is 372 g/mol. The molecule has 1 aliphatic carbocycles. The Morgan fingerprint density at radius 2 is 1.83 bits per heavy atom. The van der Waals surface area contributed by atoms with Crippen LogP contribution < -0.4 is 0 Å². The number of aromatic amines is 1. The van der Waals surface area contributed by atoms with E-state index in [1.807, 2.05) is 17.3 Å². The number of rotatable bonds is 4. The molecule has 1 unspecified atom stereocenters. The van der Waals surface area contributed by atoms with Crippen LogP contribution in [0.3, 0.4) is 0 Å². The second-order valence-electron chi connectivity index (χ2n) is 8.50. The number of hydrogen-bond acceptors (Lipinski definition) is 3. The van der Waals surface area contributed by atoms with E-state index in [1.165, 1.54) is 22.4 Å². The second kappa shape index (κ2) is 8.42. The zero-order valence-electron chi connectivity index (χ0n) is 17.3. The standard InChI is InChI=1S/C25H28N4O/c30-23(10-9-21-16-26-17-28-21)29-14-11-19(12-15-29)24-22-6-2-1-4-18(22)7-8-20-5-3-13-27-25(20)24/h1-6,13,16-17,19,24H,7-12,14-15H2,(H,26,28). The van der Waals surface area contributed by atoms with E-state index in [0.717, 1.165) is 44.5 Å². The Morgan fingerprint density at radius 3 is 2.67 bits per heavy atom. The van der Waals surface area contributed by atoms with Gasteiger partial charge in [-0.2, -0.15) is 0 Å². The molecule has 30 heavy (non-hydrogen) atoms. The van der Waals surface area contributed by atoms with Crippen LogP contribution in [0, 0.1) is 5.92 Å². The summed E-state index contributed by atoms with van der Waals surface area (Å²) in [4.78, 5) is 26.8. The summed E-state index contributed by atoms with van der Waals surface area (Å²) in [5.41, 5.74) is 6.49. The molecule has 2 aromatic heterocycles. The summed E-state index contributed by atoms with van der Waals surface area (Å²) < 4.78 is 0. The first kappa shape index (κ1) is 19.0. The smallest absolute Gasteiger partial charge is 0.222 e. The van der Waals surface area contributed by atoms with Crippen molar-refractivity contribution in [3.8, 4) is 0 Å². The molecule has 154 valence electrons. The van der Waals surface area contributed by atoms with Crippen LogP contribution in [0.1, 0.15) is 53.3 Å². The zero-order chi connectivity index (χ0) is 20.3.